The van der Waals surface area contributed by atoms with Gasteiger partial charge in [0.15, 0.2) is 17.3 Å². The number of carbonyl (C=O) groups excluding carboxylic acids is 1. The van der Waals surface area contributed by atoms with E-state index in [-0.39, 0.29) is 12.4 Å². The average molecular weight is 387 g/mol. The minimum atomic E-state index is -2.75. The molecule has 140 valence electrons. The van der Waals surface area contributed by atoms with Crippen molar-refractivity contribution in [3.8, 4) is 11.5 Å². The molecule has 0 aliphatic rings. The largest absolute Gasteiger partial charge is 0.491 e. The number of benzene rings is 1. The fourth-order valence-corrected chi connectivity index (χ4v) is 2.42. The van der Waals surface area contributed by atoms with E-state index in [2.05, 4.69) is 4.98 Å². The number of carbonyl (C=O) groups is 1. The summed E-state index contributed by atoms with van der Waals surface area (Å²) in [5.41, 5.74) is 0.588. The first kappa shape index (κ1) is 19.7. The number of rotatable bonds is 8. The molecule has 1 aromatic carbocycles. The van der Waals surface area contributed by atoms with Gasteiger partial charge in [-0.15, -0.1) is 0 Å². The van der Waals surface area contributed by atoms with Crippen molar-refractivity contribution < 1.29 is 27.8 Å². The Morgan fingerprint density at radius 1 is 1.42 bits per heavy atom. The zero-order valence-corrected chi connectivity index (χ0v) is 14.9. The summed E-state index contributed by atoms with van der Waals surface area (Å²) in [5, 5.41) is 0.324. The molecule has 0 bridgehead atoms. The summed E-state index contributed by atoms with van der Waals surface area (Å²) in [5.74, 6) is 0.0770. The third-order valence-electron chi connectivity index (χ3n) is 3.25. The van der Waals surface area contributed by atoms with Crippen LogP contribution in [-0.2, 0) is 16.1 Å². The molecule has 2 aromatic rings. The zero-order chi connectivity index (χ0) is 19.1. The molecule has 0 unspecified atom stereocenters. The maximum absolute atomic E-state index is 12.7. The lowest BCUT2D eigenvalue weighted by molar-refractivity contribution is -0.139. The van der Waals surface area contributed by atoms with Crippen LogP contribution in [0, 0.1) is 0 Å². The van der Waals surface area contributed by atoms with Crippen LogP contribution in [0.1, 0.15) is 24.9 Å². The van der Waals surface area contributed by atoms with Gasteiger partial charge in [-0.05, 0) is 30.7 Å². The van der Waals surface area contributed by atoms with E-state index in [1.54, 1.807) is 12.1 Å². The Kier molecular flexibility index (Phi) is 6.97. The maximum Gasteiger partial charge on any atom is 0.331 e. The minimum absolute atomic E-state index is 0.0483. The van der Waals surface area contributed by atoms with Crippen molar-refractivity contribution in [1.29, 1.82) is 0 Å². The molecule has 2 rings (SSSR count). The van der Waals surface area contributed by atoms with Gasteiger partial charge >= 0.3 is 12.5 Å². The smallest absolute Gasteiger partial charge is 0.331 e. The molecular weight excluding hydrogens is 370 g/mol. The molecule has 0 radical (unpaired) electrons. The number of methoxy groups -OCH3 is 1. The summed E-state index contributed by atoms with van der Waals surface area (Å²) in [6, 6.07) is 3.25. The monoisotopic (exact) mass is 386 g/mol. The third-order valence-corrected chi connectivity index (χ3v) is 3.53. The van der Waals surface area contributed by atoms with E-state index < -0.39 is 12.5 Å². The van der Waals surface area contributed by atoms with Crippen molar-refractivity contribution in [2.75, 3.05) is 13.7 Å². The number of aromatic nitrogens is 2. The van der Waals surface area contributed by atoms with E-state index in [1.807, 2.05) is 6.92 Å². The van der Waals surface area contributed by atoms with Crippen LogP contribution in [0.5, 0.6) is 11.5 Å². The van der Waals surface area contributed by atoms with Gasteiger partial charge in [0.2, 0.25) is 0 Å². The summed E-state index contributed by atoms with van der Waals surface area (Å²) < 4.78 is 41.5. The minimum Gasteiger partial charge on any atom is -0.491 e. The number of hydrogen-bond donors (Lipinski definition) is 0. The van der Waals surface area contributed by atoms with Crippen molar-refractivity contribution >= 4 is 23.6 Å². The van der Waals surface area contributed by atoms with Crippen LogP contribution in [0.15, 0.2) is 30.6 Å². The second kappa shape index (κ2) is 9.19. The highest BCUT2D eigenvalue weighted by Crippen LogP contribution is 2.36. The molecule has 0 atom stereocenters. The lowest BCUT2D eigenvalue weighted by atomic mass is 10.2. The quantitative estimate of drug-likeness (QED) is 0.505. The molecule has 0 saturated carbocycles. The molecule has 0 spiro atoms. The van der Waals surface area contributed by atoms with Gasteiger partial charge in [-0.3, -0.25) is 4.57 Å². The van der Waals surface area contributed by atoms with E-state index >= 15 is 0 Å². The summed E-state index contributed by atoms with van der Waals surface area (Å²) >= 11 is 6.12. The second-order valence-electron chi connectivity index (χ2n) is 4.94. The molecule has 0 saturated heterocycles. The maximum atomic E-state index is 12.7. The predicted molar refractivity (Wildman–Crippen MR) is 91.5 cm³/mol. The normalized spacial score (nSPS) is 11.2. The van der Waals surface area contributed by atoms with Crippen LogP contribution in [0.4, 0.5) is 8.78 Å². The van der Waals surface area contributed by atoms with Gasteiger partial charge in [-0.25, -0.2) is 9.78 Å². The Morgan fingerprint density at radius 3 is 2.85 bits per heavy atom. The van der Waals surface area contributed by atoms with Gasteiger partial charge < -0.3 is 14.2 Å². The van der Waals surface area contributed by atoms with Crippen molar-refractivity contribution in [3.05, 3.63) is 47.0 Å². The summed E-state index contributed by atoms with van der Waals surface area (Å²) in [6.45, 7) is -0.885. The molecule has 26 heavy (non-hydrogen) atoms. The summed E-state index contributed by atoms with van der Waals surface area (Å²) in [4.78, 5) is 15.5. The molecule has 0 amide bonds. The van der Waals surface area contributed by atoms with Crippen molar-refractivity contribution in [3.63, 3.8) is 0 Å². The van der Waals surface area contributed by atoms with E-state index in [1.165, 1.54) is 19.4 Å². The topological polar surface area (TPSA) is 62.6 Å². The van der Waals surface area contributed by atoms with Gasteiger partial charge in [0.05, 0.1) is 18.7 Å². The Balaban J connectivity index is 2.04. The van der Waals surface area contributed by atoms with Crippen molar-refractivity contribution in [1.82, 2.24) is 9.55 Å². The molecule has 9 heteroatoms. The number of nitrogens with zero attached hydrogens (tertiary/aromatic N) is 2. The zero-order valence-electron chi connectivity index (χ0n) is 14.1. The van der Waals surface area contributed by atoms with Gasteiger partial charge in [-0.1, -0.05) is 11.6 Å². The lowest BCUT2D eigenvalue weighted by Gasteiger charge is -2.11. The van der Waals surface area contributed by atoms with Crippen molar-refractivity contribution in [2.24, 2.45) is 0 Å². The van der Waals surface area contributed by atoms with Crippen LogP contribution in [0.3, 0.4) is 0 Å². The van der Waals surface area contributed by atoms with Crippen LogP contribution < -0.4 is 9.47 Å². The van der Waals surface area contributed by atoms with Crippen LogP contribution in [0.2, 0.25) is 5.02 Å². The third kappa shape index (κ3) is 4.95. The number of halogens is 3. The molecule has 1 heterocycles. The van der Waals surface area contributed by atoms with E-state index in [9.17, 15) is 13.6 Å². The van der Waals surface area contributed by atoms with Gasteiger partial charge in [0.1, 0.15) is 6.61 Å². The Bertz CT molecular complexity index is 793. The Morgan fingerprint density at radius 2 is 2.19 bits per heavy atom. The van der Waals surface area contributed by atoms with Gasteiger partial charge in [0, 0.05) is 18.5 Å². The number of alkyl halides is 2. The summed E-state index contributed by atoms with van der Waals surface area (Å²) in [6.07, 6.45) is 4.94. The van der Waals surface area contributed by atoms with Crippen LogP contribution >= 0.6 is 11.6 Å². The second-order valence-corrected chi connectivity index (χ2v) is 5.34. The van der Waals surface area contributed by atoms with Gasteiger partial charge in [0.25, 0.3) is 0 Å². The first-order valence-electron chi connectivity index (χ1n) is 7.61. The molecule has 0 aliphatic heterocycles. The SMILES string of the molecule is CCOc1cc(/C=C/C(=O)OCc2nccn2C(F)F)cc(Cl)c1OC. The highest BCUT2D eigenvalue weighted by Gasteiger charge is 2.13. The number of imidazole rings is 1. The van der Waals surface area contributed by atoms with Crippen molar-refractivity contribution in [2.45, 2.75) is 20.1 Å². The number of hydrogen-bond acceptors (Lipinski definition) is 5. The molecule has 0 N–H and O–H groups in total. The van der Waals surface area contributed by atoms with E-state index in [4.69, 9.17) is 25.8 Å². The average Bonchev–Trinajstić information content (AvgIpc) is 3.07. The Hall–Kier alpha value is -2.61. The van der Waals surface area contributed by atoms with E-state index in [0.29, 0.717) is 33.3 Å². The molecule has 0 fully saturated rings. The summed E-state index contributed by atoms with van der Waals surface area (Å²) in [7, 11) is 1.47. The molecular formula is C17H17ClF2N2O4. The standard InChI is InChI=1S/C17H17ClF2N2O4/c1-3-25-13-9-11(8-12(18)16(13)24-2)4-5-15(23)26-10-14-21-6-7-22(14)17(19)20/h4-9,17H,3,10H2,1-2H3/b5-4+. The van der Waals surface area contributed by atoms with Gasteiger partial charge in [-0.2, -0.15) is 8.78 Å². The Labute approximate surface area is 153 Å². The highest BCUT2D eigenvalue weighted by molar-refractivity contribution is 6.32. The number of esters is 1. The lowest BCUT2D eigenvalue weighted by Crippen LogP contribution is -2.08. The first-order valence-corrected chi connectivity index (χ1v) is 7.99. The fraction of sp³-hybridized carbons (Fsp3) is 0.294. The number of ether oxygens (including phenoxy) is 3. The van der Waals surface area contributed by atoms with E-state index in [0.717, 1.165) is 12.3 Å². The molecule has 6 nitrogen and oxygen atoms in total. The highest BCUT2D eigenvalue weighted by atomic mass is 35.5. The molecule has 1 aromatic heterocycles. The van der Waals surface area contributed by atoms with Crippen LogP contribution in [0.25, 0.3) is 6.08 Å². The fourth-order valence-electron chi connectivity index (χ4n) is 2.13. The predicted octanol–water partition coefficient (Wildman–Crippen LogP) is 4.10. The first-order chi connectivity index (χ1) is 12.5. The molecule has 0 aliphatic carbocycles. The van der Waals surface area contributed by atoms with Crippen LogP contribution in [-0.4, -0.2) is 29.2 Å².